The van der Waals surface area contributed by atoms with E-state index < -0.39 is 0 Å². The number of amides is 3. The highest BCUT2D eigenvalue weighted by atomic mass is 16.2. The molecule has 0 bridgehead atoms. The van der Waals surface area contributed by atoms with Crippen LogP contribution >= 0.6 is 0 Å². The summed E-state index contributed by atoms with van der Waals surface area (Å²) in [5.74, 6) is -0.118. The first-order chi connectivity index (χ1) is 12.3. The minimum atomic E-state index is -0.282. The fraction of sp³-hybridized carbons (Fsp3) is 0.333. The third-order valence-corrected chi connectivity index (χ3v) is 4.28. The molecule has 0 spiro atoms. The van der Waals surface area contributed by atoms with Crippen molar-refractivity contribution in [2.24, 2.45) is 0 Å². The highest BCUT2D eigenvalue weighted by molar-refractivity contribution is 5.95. The molecule has 0 unspecified atom stereocenters. The van der Waals surface area contributed by atoms with E-state index in [4.69, 9.17) is 0 Å². The number of aryl methyl sites for hydroxylation is 1. The van der Waals surface area contributed by atoms with E-state index in [0.717, 1.165) is 17.5 Å². The molecular formula is C21H27N3O2. The average Bonchev–Trinajstić information content (AvgIpc) is 2.60. The molecule has 2 aromatic carbocycles. The van der Waals surface area contributed by atoms with Crippen LogP contribution in [0.2, 0.25) is 0 Å². The van der Waals surface area contributed by atoms with E-state index in [2.05, 4.69) is 16.0 Å². The van der Waals surface area contributed by atoms with Crippen LogP contribution in [0.25, 0.3) is 0 Å². The molecule has 3 amide bonds. The second-order valence-corrected chi connectivity index (χ2v) is 7.07. The Balaban J connectivity index is 1.88. The summed E-state index contributed by atoms with van der Waals surface area (Å²) in [6.45, 7) is 8.48. The van der Waals surface area contributed by atoms with Gasteiger partial charge in [0.1, 0.15) is 0 Å². The SMILES string of the molecule is CCC(C)(C)NC(=O)c1ccc(NC(=O)NCc2cccc(C)c2)cc1. The second kappa shape index (κ2) is 8.52. The average molecular weight is 353 g/mol. The first kappa shape index (κ1) is 19.5. The maximum atomic E-state index is 12.2. The van der Waals surface area contributed by atoms with Crippen LogP contribution in [0.15, 0.2) is 48.5 Å². The first-order valence-electron chi connectivity index (χ1n) is 8.82. The Kier molecular flexibility index (Phi) is 6.39. The van der Waals surface area contributed by atoms with Crippen LogP contribution in [-0.4, -0.2) is 17.5 Å². The maximum absolute atomic E-state index is 12.2. The third-order valence-electron chi connectivity index (χ3n) is 4.28. The number of benzene rings is 2. The van der Waals surface area contributed by atoms with Gasteiger partial charge in [0.05, 0.1) is 0 Å². The topological polar surface area (TPSA) is 70.2 Å². The van der Waals surface area contributed by atoms with Crippen LogP contribution in [0.1, 0.15) is 48.7 Å². The minimum absolute atomic E-state index is 0.118. The Morgan fingerprint density at radius 3 is 2.35 bits per heavy atom. The van der Waals surface area contributed by atoms with E-state index >= 15 is 0 Å². The van der Waals surface area contributed by atoms with Crippen LogP contribution in [0, 0.1) is 6.92 Å². The van der Waals surface area contributed by atoms with Gasteiger partial charge in [-0.05, 0) is 57.0 Å². The first-order valence-corrected chi connectivity index (χ1v) is 8.82. The van der Waals surface area contributed by atoms with Crippen molar-refractivity contribution >= 4 is 17.6 Å². The fourth-order valence-electron chi connectivity index (χ4n) is 2.35. The van der Waals surface area contributed by atoms with Gasteiger partial charge in [-0.3, -0.25) is 4.79 Å². The number of nitrogens with one attached hydrogen (secondary N) is 3. The molecule has 2 aromatic rings. The molecule has 0 saturated carbocycles. The van der Waals surface area contributed by atoms with E-state index in [1.54, 1.807) is 24.3 Å². The highest BCUT2D eigenvalue weighted by Crippen LogP contribution is 2.13. The van der Waals surface area contributed by atoms with Gasteiger partial charge in [0.15, 0.2) is 0 Å². The van der Waals surface area contributed by atoms with Gasteiger partial charge >= 0.3 is 6.03 Å². The smallest absolute Gasteiger partial charge is 0.319 e. The highest BCUT2D eigenvalue weighted by Gasteiger charge is 2.18. The second-order valence-electron chi connectivity index (χ2n) is 7.07. The molecule has 0 saturated heterocycles. The van der Waals surface area contributed by atoms with Crippen LogP contribution in [0.3, 0.4) is 0 Å². The molecule has 0 atom stereocenters. The predicted octanol–water partition coefficient (Wildman–Crippen LogP) is 4.24. The largest absolute Gasteiger partial charge is 0.347 e. The molecule has 138 valence electrons. The normalized spacial score (nSPS) is 10.9. The van der Waals surface area contributed by atoms with Gasteiger partial charge in [-0.25, -0.2) is 4.79 Å². The summed E-state index contributed by atoms with van der Waals surface area (Å²) in [5.41, 5.74) is 3.16. The van der Waals surface area contributed by atoms with Crippen LogP contribution < -0.4 is 16.0 Å². The lowest BCUT2D eigenvalue weighted by molar-refractivity contribution is 0.0911. The standard InChI is InChI=1S/C21H27N3O2/c1-5-21(3,4)24-19(25)17-9-11-18(12-10-17)23-20(26)22-14-16-8-6-7-15(2)13-16/h6-13H,5,14H2,1-4H3,(H,24,25)(H2,22,23,26). The Morgan fingerprint density at radius 1 is 1.04 bits per heavy atom. The summed E-state index contributed by atoms with van der Waals surface area (Å²) in [5, 5.41) is 8.58. The lowest BCUT2D eigenvalue weighted by Crippen LogP contribution is -2.42. The van der Waals surface area contributed by atoms with Crippen molar-refractivity contribution in [3.8, 4) is 0 Å². The lowest BCUT2D eigenvalue weighted by Gasteiger charge is -2.24. The monoisotopic (exact) mass is 353 g/mol. The molecule has 5 nitrogen and oxygen atoms in total. The van der Waals surface area contributed by atoms with Gasteiger partial charge in [-0.2, -0.15) is 0 Å². The zero-order chi connectivity index (χ0) is 19.2. The molecule has 0 aromatic heterocycles. The summed E-state index contributed by atoms with van der Waals surface area (Å²) < 4.78 is 0. The Hall–Kier alpha value is -2.82. The summed E-state index contributed by atoms with van der Waals surface area (Å²) in [6.07, 6.45) is 0.847. The number of urea groups is 1. The summed E-state index contributed by atoms with van der Waals surface area (Å²) in [7, 11) is 0. The number of carbonyl (C=O) groups is 2. The molecule has 0 aliphatic rings. The molecule has 0 fully saturated rings. The van der Waals surface area contributed by atoms with Crippen molar-refractivity contribution in [3.63, 3.8) is 0 Å². The molecule has 0 heterocycles. The Labute approximate surface area is 155 Å². The lowest BCUT2D eigenvalue weighted by atomic mass is 10.0. The third kappa shape index (κ3) is 5.92. The Morgan fingerprint density at radius 2 is 1.73 bits per heavy atom. The molecule has 3 N–H and O–H groups in total. The van der Waals surface area contributed by atoms with Crippen molar-refractivity contribution in [2.45, 2.75) is 46.2 Å². The van der Waals surface area contributed by atoms with Gasteiger partial charge in [-0.15, -0.1) is 0 Å². The summed E-state index contributed by atoms with van der Waals surface area (Å²) in [4.78, 5) is 24.2. The molecule has 0 radical (unpaired) electrons. The zero-order valence-corrected chi connectivity index (χ0v) is 15.8. The van der Waals surface area contributed by atoms with Crippen molar-refractivity contribution in [1.82, 2.24) is 10.6 Å². The maximum Gasteiger partial charge on any atom is 0.319 e. The van der Waals surface area contributed by atoms with Crippen molar-refractivity contribution in [2.75, 3.05) is 5.32 Å². The number of anilines is 1. The van der Waals surface area contributed by atoms with E-state index in [-0.39, 0.29) is 17.5 Å². The van der Waals surface area contributed by atoms with E-state index in [1.165, 1.54) is 0 Å². The van der Waals surface area contributed by atoms with Crippen LogP contribution in [0.4, 0.5) is 10.5 Å². The van der Waals surface area contributed by atoms with Gasteiger partial charge in [0.2, 0.25) is 0 Å². The summed E-state index contributed by atoms with van der Waals surface area (Å²) in [6, 6.07) is 14.6. The van der Waals surface area contributed by atoms with Gasteiger partial charge in [0.25, 0.3) is 5.91 Å². The molecule has 2 rings (SSSR count). The molecule has 26 heavy (non-hydrogen) atoms. The predicted molar refractivity (Wildman–Crippen MR) is 105 cm³/mol. The van der Waals surface area contributed by atoms with Crippen molar-refractivity contribution in [1.29, 1.82) is 0 Å². The Bertz CT molecular complexity index is 767. The van der Waals surface area contributed by atoms with Crippen LogP contribution in [0.5, 0.6) is 0 Å². The number of hydrogen-bond donors (Lipinski definition) is 3. The molecular weight excluding hydrogens is 326 g/mol. The van der Waals surface area contributed by atoms with E-state index in [0.29, 0.717) is 17.8 Å². The molecule has 0 aliphatic carbocycles. The van der Waals surface area contributed by atoms with Crippen molar-refractivity contribution < 1.29 is 9.59 Å². The van der Waals surface area contributed by atoms with E-state index in [1.807, 2.05) is 52.0 Å². The summed E-state index contributed by atoms with van der Waals surface area (Å²) >= 11 is 0. The quantitative estimate of drug-likeness (QED) is 0.727. The minimum Gasteiger partial charge on any atom is -0.347 e. The number of hydrogen-bond acceptors (Lipinski definition) is 2. The molecule has 0 aliphatic heterocycles. The van der Waals surface area contributed by atoms with E-state index in [9.17, 15) is 9.59 Å². The molecule has 5 heteroatoms. The van der Waals surface area contributed by atoms with Gasteiger partial charge in [0, 0.05) is 23.3 Å². The number of carbonyl (C=O) groups excluding carboxylic acids is 2. The fourth-order valence-corrected chi connectivity index (χ4v) is 2.35. The zero-order valence-electron chi connectivity index (χ0n) is 15.8. The van der Waals surface area contributed by atoms with Crippen LogP contribution in [-0.2, 0) is 6.54 Å². The van der Waals surface area contributed by atoms with Gasteiger partial charge in [-0.1, -0.05) is 36.8 Å². The van der Waals surface area contributed by atoms with Gasteiger partial charge < -0.3 is 16.0 Å². The van der Waals surface area contributed by atoms with Crippen molar-refractivity contribution in [3.05, 3.63) is 65.2 Å². The number of rotatable bonds is 6.